The number of hydrogen-bond acceptors (Lipinski definition) is 6. The van der Waals surface area contributed by atoms with Crippen LogP contribution in [-0.2, 0) is 4.79 Å². The summed E-state index contributed by atoms with van der Waals surface area (Å²) in [5.74, 6) is 0.653. The third kappa shape index (κ3) is 4.26. The summed E-state index contributed by atoms with van der Waals surface area (Å²) in [7, 11) is 3.00. The Labute approximate surface area is 112 Å². The minimum atomic E-state index is -0.113. The fraction of sp³-hybridized carbons (Fsp3) is 0.385. The molecule has 1 aromatic heterocycles. The van der Waals surface area contributed by atoms with Crippen LogP contribution in [0.1, 0.15) is 12.5 Å². The summed E-state index contributed by atoms with van der Waals surface area (Å²) >= 11 is 0. The molecule has 1 rings (SSSR count). The standard InChI is InChI=1S/C13H18N2O4/c1-9(17)8-11(14-6-7-16)10-4-5-12(18-2)15-13(10)19-3/h4-5,8,14,16H,6-7H2,1-3H3/b11-8-. The molecule has 1 heterocycles. The number of pyridine rings is 1. The summed E-state index contributed by atoms with van der Waals surface area (Å²) in [4.78, 5) is 15.4. The van der Waals surface area contributed by atoms with Gasteiger partial charge in [-0.2, -0.15) is 4.98 Å². The summed E-state index contributed by atoms with van der Waals surface area (Å²) in [6.07, 6.45) is 1.43. The zero-order valence-corrected chi connectivity index (χ0v) is 11.3. The molecule has 0 aromatic carbocycles. The van der Waals surface area contributed by atoms with Crippen LogP contribution in [0, 0.1) is 0 Å². The molecule has 0 bridgehead atoms. The zero-order valence-electron chi connectivity index (χ0n) is 11.3. The van der Waals surface area contributed by atoms with Crippen molar-refractivity contribution in [1.82, 2.24) is 10.3 Å². The Morgan fingerprint density at radius 3 is 2.68 bits per heavy atom. The highest BCUT2D eigenvalue weighted by atomic mass is 16.5. The molecule has 1 aromatic rings. The first-order chi connectivity index (χ1) is 9.12. The molecule has 6 heteroatoms. The van der Waals surface area contributed by atoms with Crippen molar-refractivity contribution < 1.29 is 19.4 Å². The molecule has 6 nitrogen and oxygen atoms in total. The summed E-state index contributed by atoms with van der Waals surface area (Å²) in [6.45, 7) is 1.74. The van der Waals surface area contributed by atoms with Gasteiger partial charge in [-0.25, -0.2) is 0 Å². The summed E-state index contributed by atoms with van der Waals surface area (Å²) < 4.78 is 10.2. The van der Waals surface area contributed by atoms with E-state index in [-0.39, 0.29) is 12.4 Å². The maximum absolute atomic E-state index is 11.2. The number of carbonyl (C=O) groups excluding carboxylic acids is 1. The largest absolute Gasteiger partial charge is 0.481 e. The smallest absolute Gasteiger partial charge is 0.225 e. The molecule has 0 aliphatic heterocycles. The molecule has 2 N–H and O–H groups in total. The molecule has 0 saturated carbocycles. The number of ketones is 1. The number of allylic oxidation sites excluding steroid dienone is 1. The Balaban J connectivity index is 3.17. The van der Waals surface area contributed by atoms with Crippen LogP contribution in [0.15, 0.2) is 18.2 Å². The third-order valence-electron chi connectivity index (χ3n) is 2.30. The Morgan fingerprint density at radius 2 is 2.16 bits per heavy atom. The van der Waals surface area contributed by atoms with Crippen molar-refractivity contribution in [1.29, 1.82) is 0 Å². The van der Waals surface area contributed by atoms with Crippen LogP contribution < -0.4 is 14.8 Å². The van der Waals surface area contributed by atoms with E-state index in [2.05, 4.69) is 10.3 Å². The van der Waals surface area contributed by atoms with Crippen LogP contribution in [0.25, 0.3) is 5.70 Å². The highest BCUT2D eigenvalue weighted by Crippen LogP contribution is 2.25. The van der Waals surface area contributed by atoms with Crippen molar-refractivity contribution in [2.24, 2.45) is 0 Å². The van der Waals surface area contributed by atoms with Gasteiger partial charge >= 0.3 is 0 Å². The first kappa shape index (κ1) is 15.0. The van der Waals surface area contributed by atoms with Gasteiger partial charge in [-0.05, 0) is 13.0 Å². The first-order valence-corrected chi connectivity index (χ1v) is 5.78. The second-order valence-electron chi connectivity index (χ2n) is 3.73. The van der Waals surface area contributed by atoms with E-state index >= 15 is 0 Å². The molecule has 0 atom stereocenters. The van der Waals surface area contributed by atoms with Gasteiger partial charge in [0.25, 0.3) is 0 Å². The number of methoxy groups -OCH3 is 2. The fourth-order valence-electron chi connectivity index (χ4n) is 1.52. The SMILES string of the molecule is COc1ccc(/C(=C/C(C)=O)NCCO)c(OC)n1. The van der Waals surface area contributed by atoms with E-state index < -0.39 is 0 Å². The second kappa shape index (κ2) is 7.38. The summed E-state index contributed by atoms with van der Waals surface area (Å²) in [6, 6.07) is 3.41. The van der Waals surface area contributed by atoms with Gasteiger partial charge in [0.05, 0.1) is 32.1 Å². The molecule has 19 heavy (non-hydrogen) atoms. The predicted molar refractivity (Wildman–Crippen MR) is 71.1 cm³/mol. The van der Waals surface area contributed by atoms with E-state index in [1.165, 1.54) is 27.2 Å². The first-order valence-electron chi connectivity index (χ1n) is 5.78. The van der Waals surface area contributed by atoms with E-state index in [0.717, 1.165) is 0 Å². The lowest BCUT2D eigenvalue weighted by Gasteiger charge is -2.13. The molecule has 0 unspecified atom stereocenters. The Hall–Kier alpha value is -2.08. The van der Waals surface area contributed by atoms with Gasteiger partial charge in [-0.15, -0.1) is 0 Å². The molecule has 0 spiro atoms. The number of aliphatic hydroxyl groups excluding tert-OH is 1. The monoisotopic (exact) mass is 266 g/mol. The van der Waals surface area contributed by atoms with Crippen LogP contribution in [0.5, 0.6) is 11.8 Å². The molecule has 0 aliphatic rings. The Bertz CT molecular complexity index is 472. The molecule has 0 saturated heterocycles. The summed E-state index contributed by atoms with van der Waals surface area (Å²) in [5, 5.41) is 11.8. The van der Waals surface area contributed by atoms with Gasteiger partial charge in [0.15, 0.2) is 5.78 Å². The van der Waals surface area contributed by atoms with Crippen molar-refractivity contribution in [2.75, 3.05) is 27.4 Å². The lowest BCUT2D eigenvalue weighted by atomic mass is 10.1. The molecule has 0 fully saturated rings. The topological polar surface area (TPSA) is 80.7 Å². The average Bonchev–Trinajstić information content (AvgIpc) is 2.42. The van der Waals surface area contributed by atoms with Crippen LogP contribution in [-0.4, -0.2) is 43.2 Å². The van der Waals surface area contributed by atoms with Crippen molar-refractivity contribution in [2.45, 2.75) is 6.92 Å². The average molecular weight is 266 g/mol. The lowest BCUT2D eigenvalue weighted by molar-refractivity contribution is -0.112. The molecule has 0 radical (unpaired) electrons. The van der Waals surface area contributed by atoms with E-state index in [9.17, 15) is 4.79 Å². The normalized spacial score (nSPS) is 11.1. The minimum absolute atomic E-state index is 0.0405. The maximum Gasteiger partial charge on any atom is 0.225 e. The molecule has 0 amide bonds. The van der Waals surface area contributed by atoms with Crippen molar-refractivity contribution in [3.63, 3.8) is 0 Å². The van der Waals surface area contributed by atoms with Gasteiger partial charge in [0.2, 0.25) is 11.8 Å². The van der Waals surface area contributed by atoms with E-state index in [1.54, 1.807) is 12.1 Å². The van der Waals surface area contributed by atoms with Gasteiger partial charge in [-0.3, -0.25) is 4.79 Å². The number of hydrogen-bond donors (Lipinski definition) is 2. The highest BCUT2D eigenvalue weighted by Gasteiger charge is 2.12. The third-order valence-corrected chi connectivity index (χ3v) is 2.30. The molecule has 104 valence electrons. The molecule has 0 aliphatic carbocycles. The van der Waals surface area contributed by atoms with Crippen molar-refractivity contribution in [3.8, 4) is 11.8 Å². The minimum Gasteiger partial charge on any atom is -0.481 e. The quantitative estimate of drug-likeness (QED) is 0.704. The molecular weight excluding hydrogens is 248 g/mol. The number of nitrogens with zero attached hydrogens (tertiary/aromatic N) is 1. The number of aliphatic hydroxyl groups is 1. The van der Waals surface area contributed by atoms with Gasteiger partial charge < -0.3 is 19.9 Å². The van der Waals surface area contributed by atoms with Crippen molar-refractivity contribution in [3.05, 3.63) is 23.8 Å². The second-order valence-corrected chi connectivity index (χ2v) is 3.73. The summed E-state index contributed by atoms with van der Waals surface area (Å²) in [5.41, 5.74) is 1.18. The predicted octanol–water partition coefficient (Wildman–Crippen LogP) is 0.611. The Morgan fingerprint density at radius 1 is 1.42 bits per heavy atom. The highest BCUT2D eigenvalue weighted by molar-refractivity contribution is 5.95. The fourth-order valence-corrected chi connectivity index (χ4v) is 1.52. The van der Waals surface area contributed by atoms with Crippen molar-refractivity contribution >= 4 is 11.5 Å². The molecular formula is C13H18N2O4. The van der Waals surface area contributed by atoms with E-state index in [1.807, 2.05) is 0 Å². The van der Waals surface area contributed by atoms with Gasteiger partial charge in [-0.1, -0.05) is 0 Å². The van der Waals surface area contributed by atoms with E-state index in [0.29, 0.717) is 29.6 Å². The van der Waals surface area contributed by atoms with Crippen LogP contribution in [0.4, 0.5) is 0 Å². The van der Waals surface area contributed by atoms with E-state index in [4.69, 9.17) is 14.6 Å². The lowest BCUT2D eigenvalue weighted by Crippen LogP contribution is -2.18. The number of carbonyl (C=O) groups is 1. The van der Waals surface area contributed by atoms with Crippen LogP contribution >= 0.6 is 0 Å². The van der Waals surface area contributed by atoms with Gasteiger partial charge in [0, 0.05) is 18.7 Å². The zero-order chi connectivity index (χ0) is 14.3. The Kier molecular flexibility index (Phi) is 5.81. The van der Waals surface area contributed by atoms with Crippen LogP contribution in [0.3, 0.4) is 0 Å². The maximum atomic E-state index is 11.2. The van der Waals surface area contributed by atoms with Crippen LogP contribution in [0.2, 0.25) is 0 Å². The number of aromatic nitrogens is 1. The number of rotatable bonds is 7. The van der Waals surface area contributed by atoms with Gasteiger partial charge in [0.1, 0.15) is 0 Å². The number of ether oxygens (including phenoxy) is 2. The number of nitrogens with one attached hydrogen (secondary N) is 1.